The normalized spacial score (nSPS) is 11.9. The van der Waals surface area contributed by atoms with Crippen LogP contribution in [0.1, 0.15) is 26.3 Å². The summed E-state index contributed by atoms with van der Waals surface area (Å²) in [5, 5.41) is 4.69. The smallest absolute Gasteiger partial charge is 0.407 e. The standard InChI is InChI=1S/C15H23F2N3O3/c1-14(2,3)23-13(21)20-10-15(16,17)9-18-7-11-5-6-12(22-4)19-8-11/h5-6,8,18H,7,9-10H2,1-4H3,(H,20,21). The molecule has 0 aromatic carbocycles. The first-order chi connectivity index (χ1) is 10.6. The SMILES string of the molecule is COc1ccc(CNCC(F)(F)CNC(=O)OC(C)(C)C)cn1. The average molecular weight is 331 g/mol. The van der Waals surface area contributed by atoms with Crippen LogP contribution in [0.25, 0.3) is 0 Å². The van der Waals surface area contributed by atoms with E-state index in [1.165, 1.54) is 7.11 Å². The fourth-order valence-electron chi connectivity index (χ4n) is 1.60. The van der Waals surface area contributed by atoms with Gasteiger partial charge in [0.05, 0.1) is 20.2 Å². The van der Waals surface area contributed by atoms with Gasteiger partial charge in [-0.2, -0.15) is 0 Å². The van der Waals surface area contributed by atoms with Crippen LogP contribution in [0, 0.1) is 0 Å². The molecule has 0 bridgehead atoms. The molecule has 130 valence electrons. The molecule has 0 spiro atoms. The quantitative estimate of drug-likeness (QED) is 0.802. The Hall–Kier alpha value is -1.96. The van der Waals surface area contributed by atoms with Crippen molar-refractivity contribution in [1.82, 2.24) is 15.6 Å². The highest BCUT2D eigenvalue weighted by atomic mass is 19.3. The lowest BCUT2D eigenvalue weighted by molar-refractivity contribution is -0.00376. The zero-order valence-corrected chi connectivity index (χ0v) is 13.8. The van der Waals surface area contributed by atoms with Crippen molar-refractivity contribution < 1.29 is 23.0 Å². The molecule has 1 aromatic rings. The molecule has 0 fully saturated rings. The minimum absolute atomic E-state index is 0.235. The van der Waals surface area contributed by atoms with Crippen molar-refractivity contribution in [1.29, 1.82) is 0 Å². The summed E-state index contributed by atoms with van der Waals surface area (Å²) in [5.41, 5.74) is 0.0283. The van der Waals surface area contributed by atoms with Crippen LogP contribution in [0.4, 0.5) is 13.6 Å². The van der Waals surface area contributed by atoms with E-state index in [2.05, 4.69) is 15.6 Å². The molecule has 0 radical (unpaired) electrons. The van der Waals surface area contributed by atoms with Crippen LogP contribution in [0.2, 0.25) is 0 Å². The summed E-state index contributed by atoms with van der Waals surface area (Å²) in [4.78, 5) is 15.3. The van der Waals surface area contributed by atoms with Gasteiger partial charge in [-0.15, -0.1) is 0 Å². The van der Waals surface area contributed by atoms with Gasteiger partial charge < -0.3 is 20.1 Å². The lowest BCUT2D eigenvalue weighted by Gasteiger charge is -2.22. The van der Waals surface area contributed by atoms with Gasteiger partial charge in [0, 0.05) is 18.8 Å². The summed E-state index contributed by atoms with van der Waals surface area (Å²) in [6.07, 6.45) is 0.680. The van der Waals surface area contributed by atoms with Gasteiger partial charge >= 0.3 is 6.09 Å². The van der Waals surface area contributed by atoms with Gasteiger partial charge in [-0.3, -0.25) is 0 Å². The molecule has 0 atom stereocenters. The van der Waals surface area contributed by atoms with Crippen LogP contribution in [-0.2, 0) is 11.3 Å². The third-order valence-corrected chi connectivity index (χ3v) is 2.61. The number of aromatic nitrogens is 1. The van der Waals surface area contributed by atoms with Gasteiger partial charge in [-0.1, -0.05) is 6.07 Å². The second kappa shape index (κ2) is 8.05. The van der Waals surface area contributed by atoms with E-state index in [0.717, 1.165) is 5.56 Å². The van der Waals surface area contributed by atoms with E-state index in [1.807, 2.05) is 0 Å². The topological polar surface area (TPSA) is 72.5 Å². The van der Waals surface area contributed by atoms with Crippen LogP contribution in [0.15, 0.2) is 18.3 Å². The van der Waals surface area contributed by atoms with E-state index in [4.69, 9.17) is 9.47 Å². The highest BCUT2D eigenvalue weighted by Gasteiger charge is 2.30. The van der Waals surface area contributed by atoms with E-state index in [0.29, 0.717) is 5.88 Å². The molecule has 6 nitrogen and oxygen atoms in total. The number of nitrogens with zero attached hydrogens (tertiary/aromatic N) is 1. The summed E-state index contributed by atoms with van der Waals surface area (Å²) in [6.45, 7) is 3.85. The average Bonchev–Trinajstić information content (AvgIpc) is 2.44. The number of nitrogens with one attached hydrogen (secondary N) is 2. The van der Waals surface area contributed by atoms with E-state index in [-0.39, 0.29) is 6.54 Å². The molecule has 8 heteroatoms. The maximum Gasteiger partial charge on any atom is 0.407 e. The number of methoxy groups -OCH3 is 1. The number of carbonyl (C=O) groups excluding carboxylic acids is 1. The maximum absolute atomic E-state index is 13.7. The number of hydrogen-bond acceptors (Lipinski definition) is 5. The lowest BCUT2D eigenvalue weighted by atomic mass is 10.2. The zero-order valence-electron chi connectivity index (χ0n) is 13.8. The van der Waals surface area contributed by atoms with Crippen molar-refractivity contribution >= 4 is 6.09 Å². The van der Waals surface area contributed by atoms with Crippen molar-refractivity contribution in [2.75, 3.05) is 20.2 Å². The Bertz CT molecular complexity index is 502. The van der Waals surface area contributed by atoms with E-state index < -0.39 is 30.7 Å². The fraction of sp³-hybridized carbons (Fsp3) is 0.600. The summed E-state index contributed by atoms with van der Waals surface area (Å²) in [6, 6.07) is 3.38. The van der Waals surface area contributed by atoms with E-state index >= 15 is 0 Å². The highest BCUT2D eigenvalue weighted by Crippen LogP contribution is 2.12. The van der Waals surface area contributed by atoms with Crippen molar-refractivity contribution in [3.63, 3.8) is 0 Å². The second-order valence-corrected chi connectivity index (χ2v) is 6.02. The Kier molecular flexibility index (Phi) is 6.68. The highest BCUT2D eigenvalue weighted by molar-refractivity contribution is 5.67. The number of pyridine rings is 1. The first kappa shape index (κ1) is 19.1. The van der Waals surface area contributed by atoms with Gasteiger partial charge in [0.15, 0.2) is 0 Å². The Morgan fingerprint density at radius 2 is 1.96 bits per heavy atom. The largest absolute Gasteiger partial charge is 0.481 e. The number of halogens is 2. The monoisotopic (exact) mass is 331 g/mol. The predicted molar refractivity (Wildman–Crippen MR) is 81.7 cm³/mol. The minimum Gasteiger partial charge on any atom is -0.481 e. The number of amides is 1. The molecule has 0 unspecified atom stereocenters. The first-order valence-electron chi connectivity index (χ1n) is 7.16. The van der Waals surface area contributed by atoms with Crippen molar-refractivity contribution in [3.05, 3.63) is 23.9 Å². The number of carbonyl (C=O) groups is 1. The van der Waals surface area contributed by atoms with Gasteiger partial charge in [0.2, 0.25) is 5.88 Å². The molecule has 0 saturated heterocycles. The van der Waals surface area contributed by atoms with E-state index in [9.17, 15) is 13.6 Å². The second-order valence-electron chi connectivity index (χ2n) is 6.02. The number of alkyl halides is 2. The fourth-order valence-corrected chi connectivity index (χ4v) is 1.60. The molecule has 0 aliphatic rings. The first-order valence-corrected chi connectivity index (χ1v) is 7.16. The van der Waals surface area contributed by atoms with Crippen LogP contribution < -0.4 is 15.4 Å². The number of ether oxygens (including phenoxy) is 2. The molecule has 0 aliphatic heterocycles. The Morgan fingerprint density at radius 3 is 2.48 bits per heavy atom. The number of hydrogen-bond donors (Lipinski definition) is 2. The summed E-state index contributed by atoms with van der Waals surface area (Å²) < 4.78 is 37.2. The van der Waals surface area contributed by atoms with Crippen molar-refractivity contribution in [2.45, 2.75) is 38.8 Å². The number of rotatable bonds is 7. The maximum atomic E-state index is 13.7. The van der Waals surface area contributed by atoms with Crippen LogP contribution in [0.5, 0.6) is 5.88 Å². The molecule has 1 rings (SSSR count). The third-order valence-electron chi connectivity index (χ3n) is 2.61. The van der Waals surface area contributed by atoms with Gasteiger partial charge in [-0.25, -0.2) is 18.6 Å². The predicted octanol–water partition coefficient (Wildman–Crippen LogP) is 2.34. The Balaban J connectivity index is 2.32. The molecular formula is C15H23F2N3O3. The number of alkyl carbamates (subject to hydrolysis) is 1. The van der Waals surface area contributed by atoms with Crippen molar-refractivity contribution in [3.8, 4) is 5.88 Å². The van der Waals surface area contributed by atoms with Gasteiger partial charge in [0.25, 0.3) is 5.92 Å². The van der Waals surface area contributed by atoms with Crippen LogP contribution in [-0.4, -0.2) is 42.8 Å². The molecule has 2 N–H and O–H groups in total. The van der Waals surface area contributed by atoms with Crippen LogP contribution in [0.3, 0.4) is 0 Å². The summed E-state index contributed by atoms with van der Waals surface area (Å²) in [5.74, 6) is -2.63. The molecule has 23 heavy (non-hydrogen) atoms. The molecular weight excluding hydrogens is 308 g/mol. The third kappa shape index (κ3) is 8.29. The molecule has 1 amide bonds. The zero-order chi connectivity index (χ0) is 17.5. The Labute approximate surface area is 134 Å². The van der Waals surface area contributed by atoms with Crippen molar-refractivity contribution in [2.24, 2.45) is 0 Å². The molecule has 1 aromatic heterocycles. The molecule has 1 heterocycles. The Morgan fingerprint density at radius 1 is 1.26 bits per heavy atom. The summed E-state index contributed by atoms with van der Waals surface area (Å²) >= 11 is 0. The van der Waals surface area contributed by atoms with Gasteiger partial charge in [-0.05, 0) is 26.3 Å². The lowest BCUT2D eigenvalue weighted by Crippen LogP contribution is -2.44. The van der Waals surface area contributed by atoms with Crippen LogP contribution >= 0.6 is 0 Å². The van der Waals surface area contributed by atoms with Gasteiger partial charge in [0.1, 0.15) is 5.60 Å². The summed E-state index contributed by atoms with van der Waals surface area (Å²) in [7, 11) is 1.50. The molecule has 0 aliphatic carbocycles. The molecule has 0 saturated carbocycles. The minimum atomic E-state index is -3.09. The van der Waals surface area contributed by atoms with E-state index in [1.54, 1.807) is 39.1 Å².